The summed E-state index contributed by atoms with van der Waals surface area (Å²) in [5, 5.41) is 20.7. The molecule has 0 aromatic rings. The van der Waals surface area contributed by atoms with Crippen LogP contribution < -0.4 is 0 Å². The number of rotatable bonds is 34. The summed E-state index contributed by atoms with van der Waals surface area (Å²) in [4.78, 5) is 48.1. The lowest BCUT2D eigenvalue weighted by atomic mass is 9.90. The largest absolute Gasteiger partial charge is 0.472 e. The Labute approximate surface area is 355 Å². The molecule has 0 bridgehead atoms. The molecule has 6 atom stereocenters. The highest BCUT2D eigenvalue weighted by atomic mass is 31.2. The van der Waals surface area contributed by atoms with E-state index >= 15 is 0 Å². The number of phosphoric acid groups is 1. The number of aliphatic hydroxyl groups excluding tert-OH is 2. The molecule has 0 aliphatic heterocycles. The monoisotopic (exact) mass is 851 g/mol. The topological polar surface area (TPSA) is 166 Å². The molecule has 0 heterocycles. The van der Waals surface area contributed by atoms with Crippen LogP contribution in [0.5, 0.6) is 0 Å². The lowest BCUT2D eigenvalue weighted by molar-refractivity contribution is -0.870. The summed E-state index contributed by atoms with van der Waals surface area (Å²) in [7, 11) is 1.29. The van der Waals surface area contributed by atoms with E-state index in [2.05, 4.69) is 62.5 Å². The maximum Gasteiger partial charge on any atom is 0.472 e. The van der Waals surface area contributed by atoms with E-state index in [0.717, 1.165) is 57.8 Å². The molecule has 12 nitrogen and oxygen atoms in total. The summed E-state index contributed by atoms with van der Waals surface area (Å²) in [5.41, 5.74) is 0. The Hall–Kier alpha value is -2.96. The third kappa shape index (κ3) is 29.8. The predicted octanol–water partition coefficient (Wildman–Crippen LogP) is 8.83. The standard InChI is InChI=1S/C46H76NO11P/c1-6-8-10-11-12-13-14-15-16-17-18-19-20-21-27-31-46(52)58-40(38-57-59(53,54)56-35-34-47(3,4)5)37-55-45(51)30-26-23-22-25-29-41-42(44(50)36-43(41)49)33-32-39(48)28-24-9-7-2/h8,10,12-13,15-16,18-19,22,25,32-33,39-42,44,48,50H,6-7,9,11,14,17,20-21,23-24,26-31,34-38H2,1-5H3/p+1/b10-8-,13-12-,16-15-,19-18-,25-22-,33-32+/t39-,40+,41+,42+,44+/m0/s1. The van der Waals surface area contributed by atoms with Crippen molar-refractivity contribution < 1.29 is 57.1 Å². The van der Waals surface area contributed by atoms with Crippen LogP contribution in [0.15, 0.2) is 72.9 Å². The van der Waals surface area contributed by atoms with Crippen molar-refractivity contribution in [1.82, 2.24) is 0 Å². The molecule has 0 saturated heterocycles. The van der Waals surface area contributed by atoms with Gasteiger partial charge in [-0.15, -0.1) is 0 Å². The van der Waals surface area contributed by atoms with Gasteiger partial charge in [0.15, 0.2) is 6.10 Å². The molecule has 59 heavy (non-hydrogen) atoms. The van der Waals surface area contributed by atoms with Crippen molar-refractivity contribution in [2.75, 3.05) is 47.5 Å². The summed E-state index contributed by atoms with van der Waals surface area (Å²) in [6, 6.07) is 0. The van der Waals surface area contributed by atoms with E-state index in [1.165, 1.54) is 0 Å². The first-order chi connectivity index (χ1) is 28.2. The number of allylic oxidation sites excluding steroid dienone is 10. The number of carbonyl (C=O) groups excluding carboxylic acids is 3. The smallest absolute Gasteiger partial charge is 0.462 e. The fourth-order valence-corrected chi connectivity index (χ4v) is 6.84. The summed E-state index contributed by atoms with van der Waals surface area (Å²) < 4.78 is 34.1. The summed E-state index contributed by atoms with van der Waals surface area (Å²) >= 11 is 0. The number of ketones is 1. The fraction of sp³-hybridized carbons (Fsp3) is 0.674. The Bertz CT molecular complexity index is 1400. The highest BCUT2D eigenvalue weighted by Crippen LogP contribution is 2.43. The maximum atomic E-state index is 12.7. The minimum absolute atomic E-state index is 0.00445. The van der Waals surface area contributed by atoms with E-state index in [-0.39, 0.29) is 50.1 Å². The molecule has 0 aromatic carbocycles. The molecule has 336 valence electrons. The number of unbranched alkanes of at least 4 members (excludes halogenated alkanes) is 5. The first kappa shape index (κ1) is 54.1. The van der Waals surface area contributed by atoms with E-state index in [4.69, 9.17) is 18.5 Å². The number of Topliss-reactive ketones (excluding diaryl/α,β-unsaturated/α-hetero) is 1. The van der Waals surface area contributed by atoms with E-state index in [1.54, 1.807) is 12.2 Å². The average molecular weight is 851 g/mol. The molecule has 1 fully saturated rings. The minimum Gasteiger partial charge on any atom is -0.462 e. The van der Waals surface area contributed by atoms with E-state index in [9.17, 15) is 34.1 Å². The predicted molar refractivity (Wildman–Crippen MR) is 234 cm³/mol. The van der Waals surface area contributed by atoms with Gasteiger partial charge >= 0.3 is 19.8 Å². The lowest BCUT2D eigenvalue weighted by Crippen LogP contribution is -2.37. The lowest BCUT2D eigenvalue weighted by Gasteiger charge is -2.24. The van der Waals surface area contributed by atoms with Crippen molar-refractivity contribution >= 4 is 25.5 Å². The van der Waals surface area contributed by atoms with Gasteiger partial charge in [-0.1, -0.05) is 106 Å². The van der Waals surface area contributed by atoms with Crippen LogP contribution in [0.25, 0.3) is 0 Å². The molecular weight excluding hydrogens is 773 g/mol. The number of aliphatic hydroxyl groups is 2. The molecule has 0 amide bonds. The van der Waals surface area contributed by atoms with Crippen LogP contribution in [-0.2, 0) is 37.5 Å². The SMILES string of the molecule is CC/C=C\C/C=C\C/C=C\C/C=C\CCCCC(=O)O[C@H](COC(=O)CCC/C=C\C[C@H]1C(=O)C[C@@H](O)[C@@H]1/C=C/[C@@H](O)CCCCC)COP(=O)(O)OCC[N+](C)(C)C. The zero-order chi connectivity index (χ0) is 43.8. The second kappa shape index (κ2) is 32.8. The highest BCUT2D eigenvalue weighted by molar-refractivity contribution is 7.47. The highest BCUT2D eigenvalue weighted by Gasteiger charge is 2.39. The first-order valence-electron chi connectivity index (χ1n) is 21.8. The third-order valence-corrected chi connectivity index (χ3v) is 10.6. The van der Waals surface area contributed by atoms with Gasteiger partial charge in [-0.2, -0.15) is 0 Å². The van der Waals surface area contributed by atoms with E-state index < -0.39 is 44.7 Å². The number of carbonyl (C=O) groups is 3. The van der Waals surface area contributed by atoms with Gasteiger partial charge in [0.1, 0.15) is 25.5 Å². The van der Waals surface area contributed by atoms with Crippen LogP contribution in [-0.4, -0.2) is 103 Å². The summed E-state index contributed by atoms with van der Waals surface area (Å²) in [6.07, 6.45) is 33.3. The number of quaternary nitrogens is 1. The molecule has 13 heteroatoms. The van der Waals surface area contributed by atoms with Gasteiger partial charge in [0.25, 0.3) is 0 Å². The number of esters is 2. The van der Waals surface area contributed by atoms with E-state index in [0.29, 0.717) is 43.1 Å². The molecule has 0 radical (unpaired) electrons. The van der Waals surface area contributed by atoms with Crippen molar-refractivity contribution in [3.05, 3.63) is 72.9 Å². The van der Waals surface area contributed by atoms with Crippen LogP contribution in [0.2, 0.25) is 0 Å². The van der Waals surface area contributed by atoms with Gasteiger partial charge in [0.05, 0.1) is 40.0 Å². The first-order valence-corrected chi connectivity index (χ1v) is 23.3. The van der Waals surface area contributed by atoms with Crippen molar-refractivity contribution in [1.29, 1.82) is 0 Å². The number of nitrogens with zero attached hydrogens (tertiary/aromatic N) is 1. The second-order valence-electron chi connectivity index (χ2n) is 16.1. The Morgan fingerprint density at radius 1 is 0.814 bits per heavy atom. The Kier molecular flexibility index (Phi) is 30.0. The molecule has 0 spiro atoms. The van der Waals surface area contributed by atoms with Crippen molar-refractivity contribution in [2.45, 2.75) is 141 Å². The molecule has 3 N–H and O–H groups in total. The Morgan fingerprint density at radius 2 is 1.44 bits per heavy atom. The number of hydrogen-bond donors (Lipinski definition) is 3. The summed E-state index contributed by atoms with van der Waals surface area (Å²) in [6.45, 7) is 3.81. The van der Waals surface area contributed by atoms with Gasteiger partial charge < -0.3 is 29.1 Å². The van der Waals surface area contributed by atoms with Gasteiger partial charge in [-0.25, -0.2) is 4.57 Å². The number of phosphoric ester groups is 1. The van der Waals surface area contributed by atoms with E-state index in [1.807, 2.05) is 33.3 Å². The Morgan fingerprint density at radius 3 is 2.10 bits per heavy atom. The molecule has 1 saturated carbocycles. The third-order valence-electron chi connectivity index (χ3n) is 9.59. The van der Waals surface area contributed by atoms with Gasteiger partial charge in [-0.05, 0) is 70.6 Å². The summed E-state index contributed by atoms with van der Waals surface area (Å²) in [5.74, 6) is -1.78. The van der Waals surface area contributed by atoms with Crippen molar-refractivity contribution in [3.8, 4) is 0 Å². The van der Waals surface area contributed by atoms with Crippen molar-refractivity contribution in [3.63, 3.8) is 0 Å². The van der Waals surface area contributed by atoms with Crippen molar-refractivity contribution in [2.24, 2.45) is 11.8 Å². The van der Waals surface area contributed by atoms with Crippen LogP contribution in [0.4, 0.5) is 0 Å². The van der Waals surface area contributed by atoms with Gasteiger partial charge in [0.2, 0.25) is 0 Å². The molecule has 0 aromatic heterocycles. The zero-order valence-electron chi connectivity index (χ0n) is 36.7. The maximum absolute atomic E-state index is 12.7. The normalized spacial score (nSPS) is 19.9. The molecule has 1 aliphatic carbocycles. The van der Waals surface area contributed by atoms with Crippen LogP contribution in [0.1, 0.15) is 123 Å². The molecule has 1 aliphatic rings. The number of hydrogen-bond acceptors (Lipinski definition) is 10. The number of likely N-dealkylation sites (N-methyl/N-ethyl adjacent to an activating group) is 1. The van der Waals surface area contributed by atoms with Crippen LogP contribution in [0.3, 0.4) is 0 Å². The average Bonchev–Trinajstić information content (AvgIpc) is 3.44. The second-order valence-corrected chi connectivity index (χ2v) is 17.6. The Balaban J connectivity index is 2.56. The number of ether oxygens (including phenoxy) is 2. The van der Waals surface area contributed by atoms with Crippen LogP contribution >= 0.6 is 7.82 Å². The van der Waals surface area contributed by atoms with Gasteiger partial charge in [0, 0.05) is 31.1 Å². The fourth-order valence-electron chi connectivity index (χ4n) is 6.10. The molecule has 1 rings (SSSR count). The van der Waals surface area contributed by atoms with Crippen LogP contribution in [0, 0.1) is 11.8 Å². The zero-order valence-corrected chi connectivity index (χ0v) is 37.6. The quantitative estimate of drug-likeness (QED) is 0.0186. The molecular formula is C46H77NO11P+. The minimum atomic E-state index is -4.46. The van der Waals surface area contributed by atoms with Gasteiger partial charge in [-0.3, -0.25) is 23.4 Å². The molecule has 1 unspecified atom stereocenters.